The van der Waals surface area contributed by atoms with E-state index < -0.39 is 11.5 Å². The van der Waals surface area contributed by atoms with E-state index in [4.69, 9.17) is 20.8 Å². The first-order valence-corrected chi connectivity index (χ1v) is 5.21. The van der Waals surface area contributed by atoms with Gasteiger partial charge in [-0.2, -0.15) is 0 Å². The van der Waals surface area contributed by atoms with Crippen LogP contribution in [0.5, 0.6) is 0 Å². The summed E-state index contributed by atoms with van der Waals surface area (Å²) in [6, 6.07) is 0. The Labute approximate surface area is 93.9 Å². The minimum atomic E-state index is -0.443. The smallest absolute Gasteiger partial charge is 0.0867 e. The van der Waals surface area contributed by atoms with Gasteiger partial charge in [0.1, 0.15) is 0 Å². The maximum atomic E-state index is 8.50. The second-order valence-electron chi connectivity index (χ2n) is 3.35. The standard InChI is InChI=1S/C8H20N2O6/c1-2-3-4-5-8(16-10(13)14)6-7-15-9(11)12/h8,11-14H,2-7H2,1H3. The topological polar surface area (TPSA) is 106 Å². The first-order valence-electron chi connectivity index (χ1n) is 5.21. The highest BCUT2D eigenvalue weighted by atomic mass is 17.1. The molecule has 4 N–H and O–H groups in total. The fraction of sp³-hybridized carbons (Fsp3) is 1.00. The molecule has 0 aliphatic heterocycles. The van der Waals surface area contributed by atoms with Gasteiger partial charge >= 0.3 is 0 Å². The Bertz CT molecular complexity index is 157. The van der Waals surface area contributed by atoms with Crippen LogP contribution in [0.3, 0.4) is 0 Å². The van der Waals surface area contributed by atoms with Gasteiger partial charge in [-0.3, -0.25) is 25.7 Å². The van der Waals surface area contributed by atoms with Gasteiger partial charge in [0, 0.05) is 6.42 Å². The van der Waals surface area contributed by atoms with Crippen molar-refractivity contribution in [3.63, 3.8) is 0 Å². The van der Waals surface area contributed by atoms with Crippen molar-refractivity contribution in [3.05, 3.63) is 0 Å². The third kappa shape index (κ3) is 10.2. The maximum absolute atomic E-state index is 8.50. The lowest BCUT2D eigenvalue weighted by molar-refractivity contribution is -0.510. The van der Waals surface area contributed by atoms with Gasteiger partial charge in [0.25, 0.3) is 0 Å². The first kappa shape index (κ1) is 15.7. The Balaban J connectivity index is 3.71. The number of rotatable bonds is 10. The Kier molecular flexibility index (Phi) is 9.68. The molecule has 16 heavy (non-hydrogen) atoms. The fourth-order valence-electron chi connectivity index (χ4n) is 1.27. The van der Waals surface area contributed by atoms with Gasteiger partial charge in [0.2, 0.25) is 0 Å². The molecule has 0 bridgehead atoms. The summed E-state index contributed by atoms with van der Waals surface area (Å²) in [5.41, 5.74) is 0. The van der Waals surface area contributed by atoms with Gasteiger partial charge < -0.3 is 0 Å². The molecular weight excluding hydrogens is 220 g/mol. The molecule has 0 aliphatic carbocycles. The molecule has 8 nitrogen and oxygen atoms in total. The van der Waals surface area contributed by atoms with E-state index in [1.165, 1.54) is 0 Å². The van der Waals surface area contributed by atoms with Crippen LogP contribution in [0.4, 0.5) is 0 Å². The minimum absolute atomic E-state index is 0.00235. The van der Waals surface area contributed by atoms with Crippen molar-refractivity contribution in [1.82, 2.24) is 10.8 Å². The third-order valence-corrected chi connectivity index (χ3v) is 2.02. The highest BCUT2D eigenvalue weighted by Gasteiger charge is 2.13. The minimum Gasteiger partial charge on any atom is -0.266 e. The molecule has 0 spiro atoms. The van der Waals surface area contributed by atoms with Crippen LogP contribution in [0.2, 0.25) is 0 Å². The quantitative estimate of drug-likeness (QED) is 0.335. The second kappa shape index (κ2) is 9.87. The highest BCUT2D eigenvalue weighted by Crippen LogP contribution is 2.11. The summed E-state index contributed by atoms with van der Waals surface area (Å²) in [6.07, 6.45) is 3.44. The van der Waals surface area contributed by atoms with E-state index in [0.717, 1.165) is 19.3 Å². The number of hydrogen-bond acceptors (Lipinski definition) is 8. The van der Waals surface area contributed by atoms with Crippen molar-refractivity contribution in [2.75, 3.05) is 6.61 Å². The lowest BCUT2D eigenvalue weighted by Gasteiger charge is -2.18. The Morgan fingerprint density at radius 3 is 2.19 bits per heavy atom. The van der Waals surface area contributed by atoms with Gasteiger partial charge in [-0.15, -0.1) is 0 Å². The average Bonchev–Trinajstić information content (AvgIpc) is 2.16. The van der Waals surface area contributed by atoms with E-state index >= 15 is 0 Å². The lowest BCUT2D eigenvalue weighted by Crippen LogP contribution is -2.26. The first-order chi connectivity index (χ1) is 7.56. The summed E-state index contributed by atoms with van der Waals surface area (Å²) < 4.78 is 0. The van der Waals surface area contributed by atoms with E-state index in [9.17, 15) is 0 Å². The molecule has 0 fully saturated rings. The third-order valence-electron chi connectivity index (χ3n) is 2.02. The zero-order valence-electron chi connectivity index (χ0n) is 9.32. The van der Waals surface area contributed by atoms with Crippen molar-refractivity contribution in [2.45, 2.75) is 45.1 Å². The average molecular weight is 240 g/mol. The van der Waals surface area contributed by atoms with Gasteiger partial charge in [-0.05, 0) is 6.42 Å². The molecule has 1 unspecified atom stereocenters. The molecule has 98 valence electrons. The van der Waals surface area contributed by atoms with Crippen molar-refractivity contribution in [3.8, 4) is 0 Å². The summed E-state index contributed by atoms with van der Waals surface area (Å²) in [5.74, 6) is 0. The van der Waals surface area contributed by atoms with Crippen LogP contribution in [0.1, 0.15) is 39.0 Å². The van der Waals surface area contributed by atoms with Crippen LogP contribution in [0, 0.1) is 0 Å². The summed E-state index contributed by atoms with van der Waals surface area (Å²) in [6.45, 7) is 2.05. The number of nitrogens with zero attached hydrogens (tertiary/aromatic N) is 2. The van der Waals surface area contributed by atoms with E-state index in [-0.39, 0.29) is 12.0 Å². The van der Waals surface area contributed by atoms with E-state index in [2.05, 4.69) is 16.6 Å². The van der Waals surface area contributed by atoms with Crippen molar-refractivity contribution in [2.24, 2.45) is 0 Å². The molecule has 0 aliphatic rings. The van der Waals surface area contributed by atoms with E-state index in [1.54, 1.807) is 0 Å². The molecule has 0 radical (unpaired) electrons. The van der Waals surface area contributed by atoms with Crippen LogP contribution in [-0.4, -0.2) is 44.3 Å². The zero-order valence-corrected chi connectivity index (χ0v) is 9.32. The monoisotopic (exact) mass is 240 g/mol. The van der Waals surface area contributed by atoms with E-state index in [0.29, 0.717) is 12.8 Å². The number of hydrogen-bond donors (Lipinski definition) is 4. The van der Waals surface area contributed by atoms with Crippen molar-refractivity contribution >= 4 is 0 Å². The molecule has 0 aromatic rings. The number of unbranched alkanes of at least 4 members (excludes halogenated alkanes) is 2. The van der Waals surface area contributed by atoms with Crippen LogP contribution < -0.4 is 0 Å². The SMILES string of the molecule is CCCCCC(CCON(O)O)ON(O)O. The predicted molar refractivity (Wildman–Crippen MR) is 50.4 cm³/mol. The van der Waals surface area contributed by atoms with Crippen LogP contribution in [-0.2, 0) is 9.68 Å². The van der Waals surface area contributed by atoms with E-state index in [1.807, 2.05) is 0 Å². The Hall–Kier alpha value is -0.320. The maximum Gasteiger partial charge on any atom is 0.0867 e. The highest BCUT2D eigenvalue weighted by molar-refractivity contribution is 4.56. The largest absolute Gasteiger partial charge is 0.266 e. The van der Waals surface area contributed by atoms with Crippen LogP contribution >= 0.6 is 0 Å². The lowest BCUT2D eigenvalue weighted by atomic mass is 10.1. The van der Waals surface area contributed by atoms with Crippen molar-refractivity contribution < 1.29 is 30.5 Å². The summed E-state index contributed by atoms with van der Waals surface area (Å²) in [7, 11) is 0. The Morgan fingerprint density at radius 2 is 1.69 bits per heavy atom. The van der Waals surface area contributed by atoms with Gasteiger partial charge in [-0.1, -0.05) is 26.2 Å². The molecule has 0 aromatic carbocycles. The molecule has 1 atom stereocenters. The van der Waals surface area contributed by atoms with Gasteiger partial charge in [0.05, 0.1) is 23.5 Å². The predicted octanol–water partition coefficient (Wildman–Crippen LogP) is 1.35. The summed E-state index contributed by atoms with van der Waals surface area (Å²) in [4.78, 5) is 9.00. The van der Waals surface area contributed by atoms with Crippen molar-refractivity contribution in [1.29, 1.82) is 0 Å². The van der Waals surface area contributed by atoms with Gasteiger partial charge in [0.15, 0.2) is 0 Å². The molecular formula is C8H20N2O6. The molecule has 0 heterocycles. The fourth-order valence-corrected chi connectivity index (χ4v) is 1.27. The summed E-state index contributed by atoms with van der Waals surface area (Å²) >= 11 is 0. The zero-order chi connectivity index (χ0) is 12.4. The second-order valence-corrected chi connectivity index (χ2v) is 3.35. The molecule has 0 amide bonds. The molecule has 0 saturated heterocycles. The molecule has 0 aromatic heterocycles. The van der Waals surface area contributed by atoms with Crippen LogP contribution in [0.25, 0.3) is 0 Å². The normalized spacial score (nSPS) is 13.7. The van der Waals surface area contributed by atoms with Crippen LogP contribution in [0.15, 0.2) is 0 Å². The van der Waals surface area contributed by atoms with Gasteiger partial charge in [-0.25, -0.2) is 4.84 Å². The molecule has 8 heteroatoms. The molecule has 0 rings (SSSR count). The molecule has 0 saturated carbocycles. The summed E-state index contributed by atoms with van der Waals surface area (Å²) in [5, 5.41) is 32.8. The Morgan fingerprint density at radius 1 is 1.00 bits per heavy atom.